The SMILES string of the molecule is Nc1c(-c2ccc3c(c2)CCC3)nc2ccc(Cl)cn12. The highest BCUT2D eigenvalue weighted by molar-refractivity contribution is 6.30. The Hall–Kier alpha value is -2.00. The molecule has 100 valence electrons. The van der Waals surface area contributed by atoms with Crippen molar-refractivity contribution in [1.82, 2.24) is 9.38 Å². The molecular formula is C16H14ClN3. The molecule has 2 aromatic heterocycles. The largest absolute Gasteiger partial charge is 0.383 e. The van der Waals surface area contributed by atoms with Gasteiger partial charge in [0.1, 0.15) is 17.2 Å². The topological polar surface area (TPSA) is 43.3 Å². The summed E-state index contributed by atoms with van der Waals surface area (Å²) in [5.41, 5.74) is 11.9. The molecule has 0 spiro atoms. The standard InChI is InChI=1S/C16H14ClN3/c17-13-6-7-14-19-15(16(18)20(14)9-13)12-5-4-10-2-1-3-11(10)8-12/h4-9H,1-3,18H2. The maximum Gasteiger partial charge on any atom is 0.139 e. The van der Waals surface area contributed by atoms with Crippen LogP contribution in [0.1, 0.15) is 17.5 Å². The molecular weight excluding hydrogens is 270 g/mol. The molecule has 0 unspecified atom stereocenters. The van der Waals surface area contributed by atoms with Crippen LogP contribution in [-0.4, -0.2) is 9.38 Å². The Morgan fingerprint density at radius 3 is 2.85 bits per heavy atom. The van der Waals surface area contributed by atoms with Gasteiger partial charge in [-0.05, 0) is 48.6 Å². The van der Waals surface area contributed by atoms with Crippen LogP contribution in [0, 0.1) is 0 Å². The second-order valence-corrected chi connectivity index (χ2v) is 5.69. The smallest absolute Gasteiger partial charge is 0.139 e. The Kier molecular flexibility index (Phi) is 2.51. The van der Waals surface area contributed by atoms with E-state index in [0.717, 1.165) is 23.3 Å². The quantitative estimate of drug-likeness (QED) is 0.739. The fourth-order valence-electron chi connectivity index (χ4n) is 2.97. The highest BCUT2D eigenvalue weighted by Gasteiger charge is 2.15. The van der Waals surface area contributed by atoms with E-state index in [9.17, 15) is 0 Å². The minimum absolute atomic E-state index is 0.639. The monoisotopic (exact) mass is 283 g/mol. The zero-order valence-electron chi connectivity index (χ0n) is 10.9. The van der Waals surface area contributed by atoms with Crippen molar-refractivity contribution >= 4 is 23.1 Å². The lowest BCUT2D eigenvalue weighted by molar-refractivity contribution is 0.912. The number of hydrogen-bond donors (Lipinski definition) is 1. The molecule has 2 N–H and O–H groups in total. The lowest BCUT2D eigenvalue weighted by Gasteiger charge is -2.03. The number of nitrogens with zero attached hydrogens (tertiary/aromatic N) is 2. The number of nitrogen functional groups attached to an aromatic ring is 1. The fourth-order valence-corrected chi connectivity index (χ4v) is 3.13. The second-order valence-electron chi connectivity index (χ2n) is 5.26. The highest BCUT2D eigenvalue weighted by atomic mass is 35.5. The number of fused-ring (bicyclic) bond motifs is 2. The van der Waals surface area contributed by atoms with Crippen molar-refractivity contribution in [1.29, 1.82) is 0 Å². The van der Waals surface area contributed by atoms with Gasteiger partial charge in [0.05, 0.1) is 5.02 Å². The summed E-state index contributed by atoms with van der Waals surface area (Å²) in [6.45, 7) is 0. The Bertz CT molecular complexity index is 820. The maximum absolute atomic E-state index is 6.23. The van der Waals surface area contributed by atoms with Crippen LogP contribution in [0.2, 0.25) is 5.02 Å². The van der Waals surface area contributed by atoms with E-state index in [2.05, 4.69) is 23.2 Å². The molecule has 1 aromatic carbocycles. The summed E-state index contributed by atoms with van der Waals surface area (Å²) in [7, 11) is 0. The van der Waals surface area contributed by atoms with Crippen LogP contribution in [0.3, 0.4) is 0 Å². The van der Waals surface area contributed by atoms with Crippen molar-refractivity contribution in [2.75, 3.05) is 5.73 Å². The first-order valence-electron chi connectivity index (χ1n) is 6.77. The molecule has 0 aliphatic heterocycles. The molecule has 4 rings (SSSR count). The highest BCUT2D eigenvalue weighted by Crippen LogP contribution is 2.31. The van der Waals surface area contributed by atoms with Crippen LogP contribution < -0.4 is 5.73 Å². The number of aromatic nitrogens is 2. The molecule has 4 heteroatoms. The maximum atomic E-state index is 6.23. The van der Waals surface area contributed by atoms with Crippen LogP contribution >= 0.6 is 11.6 Å². The summed E-state index contributed by atoms with van der Waals surface area (Å²) >= 11 is 6.02. The predicted molar refractivity (Wildman–Crippen MR) is 82.1 cm³/mol. The van der Waals surface area contributed by atoms with Gasteiger partial charge in [-0.2, -0.15) is 0 Å². The van der Waals surface area contributed by atoms with E-state index in [1.165, 1.54) is 24.0 Å². The van der Waals surface area contributed by atoms with E-state index in [1.807, 2.05) is 16.5 Å². The number of aryl methyl sites for hydroxylation is 2. The normalized spacial score (nSPS) is 13.8. The van der Waals surface area contributed by atoms with Gasteiger partial charge >= 0.3 is 0 Å². The molecule has 0 saturated heterocycles. The number of hydrogen-bond acceptors (Lipinski definition) is 2. The summed E-state index contributed by atoms with van der Waals surface area (Å²) < 4.78 is 1.84. The fraction of sp³-hybridized carbons (Fsp3) is 0.188. The van der Waals surface area contributed by atoms with E-state index in [0.29, 0.717) is 10.8 Å². The number of nitrogens with two attached hydrogens (primary N) is 1. The van der Waals surface area contributed by atoms with Gasteiger partial charge in [-0.3, -0.25) is 4.40 Å². The zero-order valence-corrected chi connectivity index (χ0v) is 11.7. The molecule has 1 aliphatic carbocycles. The van der Waals surface area contributed by atoms with E-state index in [-0.39, 0.29) is 0 Å². The van der Waals surface area contributed by atoms with E-state index in [4.69, 9.17) is 17.3 Å². The lowest BCUT2D eigenvalue weighted by Crippen LogP contribution is -1.94. The Balaban J connectivity index is 1.92. The number of pyridine rings is 1. The average molecular weight is 284 g/mol. The summed E-state index contributed by atoms with van der Waals surface area (Å²) in [6.07, 6.45) is 5.39. The summed E-state index contributed by atoms with van der Waals surface area (Å²) in [6, 6.07) is 10.3. The number of halogens is 1. The van der Waals surface area contributed by atoms with Crippen molar-refractivity contribution in [3.8, 4) is 11.3 Å². The number of rotatable bonds is 1. The van der Waals surface area contributed by atoms with E-state index in [1.54, 1.807) is 6.20 Å². The summed E-state index contributed by atoms with van der Waals surface area (Å²) in [5, 5.41) is 0.655. The first-order chi connectivity index (χ1) is 9.72. The molecule has 0 saturated carbocycles. The van der Waals surface area contributed by atoms with Crippen LogP contribution in [-0.2, 0) is 12.8 Å². The lowest BCUT2D eigenvalue weighted by atomic mass is 10.0. The Labute approximate surface area is 122 Å². The molecule has 0 radical (unpaired) electrons. The molecule has 3 nitrogen and oxygen atoms in total. The van der Waals surface area contributed by atoms with Gasteiger partial charge in [0.15, 0.2) is 0 Å². The van der Waals surface area contributed by atoms with Crippen molar-refractivity contribution in [3.05, 3.63) is 52.7 Å². The molecule has 1 aliphatic rings. The average Bonchev–Trinajstić information content (AvgIpc) is 3.03. The number of benzene rings is 1. The van der Waals surface area contributed by atoms with E-state index >= 15 is 0 Å². The first kappa shape index (κ1) is 11.8. The number of anilines is 1. The molecule has 3 aromatic rings. The van der Waals surface area contributed by atoms with Gasteiger partial charge in [0, 0.05) is 11.8 Å². The number of imidazole rings is 1. The van der Waals surface area contributed by atoms with Crippen LogP contribution in [0.25, 0.3) is 16.9 Å². The van der Waals surface area contributed by atoms with Crippen molar-refractivity contribution < 1.29 is 0 Å². The third-order valence-electron chi connectivity index (χ3n) is 3.99. The third-order valence-corrected chi connectivity index (χ3v) is 4.21. The van der Waals surface area contributed by atoms with Crippen LogP contribution in [0.5, 0.6) is 0 Å². The minimum Gasteiger partial charge on any atom is -0.383 e. The Morgan fingerprint density at radius 1 is 1.10 bits per heavy atom. The second kappa shape index (κ2) is 4.25. The molecule has 20 heavy (non-hydrogen) atoms. The summed E-state index contributed by atoms with van der Waals surface area (Å²) in [5.74, 6) is 0.639. The van der Waals surface area contributed by atoms with Crippen molar-refractivity contribution in [3.63, 3.8) is 0 Å². The molecule has 0 amide bonds. The molecule has 0 bridgehead atoms. The van der Waals surface area contributed by atoms with E-state index < -0.39 is 0 Å². The first-order valence-corrected chi connectivity index (χ1v) is 7.15. The third kappa shape index (κ3) is 1.70. The predicted octanol–water partition coefficient (Wildman–Crippen LogP) is 3.73. The van der Waals surface area contributed by atoms with Crippen LogP contribution in [0.15, 0.2) is 36.5 Å². The molecule has 0 fully saturated rings. The van der Waals surface area contributed by atoms with Crippen molar-refractivity contribution in [2.45, 2.75) is 19.3 Å². The van der Waals surface area contributed by atoms with Gasteiger partial charge < -0.3 is 5.73 Å². The van der Waals surface area contributed by atoms with Gasteiger partial charge in [-0.25, -0.2) is 4.98 Å². The van der Waals surface area contributed by atoms with Gasteiger partial charge in [0.2, 0.25) is 0 Å². The zero-order chi connectivity index (χ0) is 13.7. The molecule has 2 heterocycles. The minimum atomic E-state index is 0.639. The van der Waals surface area contributed by atoms with Gasteiger partial charge in [-0.15, -0.1) is 0 Å². The Morgan fingerprint density at radius 2 is 1.95 bits per heavy atom. The molecule has 0 atom stereocenters. The summed E-state index contributed by atoms with van der Waals surface area (Å²) in [4.78, 5) is 4.63. The van der Waals surface area contributed by atoms with Gasteiger partial charge in [0.25, 0.3) is 0 Å². The van der Waals surface area contributed by atoms with Gasteiger partial charge in [-0.1, -0.05) is 23.7 Å². The van der Waals surface area contributed by atoms with Crippen molar-refractivity contribution in [2.24, 2.45) is 0 Å². The van der Waals surface area contributed by atoms with Crippen LogP contribution in [0.4, 0.5) is 5.82 Å².